The fourth-order valence-electron chi connectivity index (χ4n) is 4.91. The maximum atomic E-state index is 12.9. The molecule has 3 N–H and O–H groups in total. The highest BCUT2D eigenvalue weighted by Gasteiger charge is 2.37. The zero-order valence-corrected chi connectivity index (χ0v) is 20.7. The monoisotopic (exact) mass is 490 g/mol. The Labute approximate surface area is 211 Å². The fourth-order valence-corrected chi connectivity index (χ4v) is 5.10. The van der Waals surface area contributed by atoms with Gasteiger partial charge in [-0.3, -0.25) is 14.6 Å². The lowest BCUT2D eigenvalue weighted by atomic mass is 9.68. The summed E-state index contributed by atoms with van der Waals surface area (Å²) < 4.78 is 0. The van der Waals surface area contributed by atoms with Gasteiger partial charge in [0.1, 0.15) is 0 Å². The number of amides is 2. The van der Waals surface area contributed by atoms with Crippen LogP contribution >= 0.6 is 11.6 Å². The van der Waals surface area contributed by atoms with Crippen molar-refractivity contribution in [1.29, 1.82) is 0 Å². The van der Waals surface area contributed by atoms with Gasteiger partial charge < -0.3 is 16.0 Å². The third-order valence-electron chi connectivity index (χ3n) is 7.19. The Morgan fingerprint density at radius 3 is 2.49 bits per heavy atom. The summed E-state index contributed by atoms with van der Waals surface area (Å²) in [6.07, 6.45) is 6.71. The fraction of sp³-hybridized carbons (Fsp3) is 0.321. The van der Waals surface area contributed by atoms with Crippen molar-refractivity contribution < 1.29 is 9.59 Å². The molecule has 4 rings (SSSR count). The molecule has 1 aromatic heterocycles. The topological polar surface area (TPSA) is 88.3 Å². The molecule has 2 aromatic carbocycles. The first kappa shape index (κ1) is 24.9. The first-order chi connectivity index (χ1) is 16.9. The molecule has 0 saturated heterocycles. The van der Waals surface area contributed by atoms with Crippen molar-refractivity contribution >= 4 is 23.4 Å². The van der Waals surface area contributed by atoms with E-state index in [1.807, 2.05) is 55.6 Å². The van der Waals surface area contributed by atoms with Gasteiger partial charge >= 0.3 is 0 Å². The van der Waals surface area contributed by atoms with Crippen molar-refractivity contribution in [2.45, 2.75) is 37.1 Å². The average molecular weight is 491 g/mol. The van der Waals surface area contributed by atoms with Crippen LogP contribution in [0.15, 0.2) is 73.1 Å². The lowest BCUT2D eigenvalue weighted by molar-refractivity contribution is -0.131. The number of hydrogen-bond donors (Lipinski definition) is 2. The molecule has 1 aliphatic carbocycles. The second-order valence-electron chi connectivity index (χ2n) is 9.24. The Bertz CT molecular complexity index is 1180. The van der Waals surface area contributed by atoms with Crippen molar-refractivity contribution in [3.63, 3.8) is 0 Å². The number of nitrogens with two attached hydrogens (primary N) is 1. The Kier molecular flexibility index (Phi) is 7.83. The molecule has 2 amide bonds. The van der Waals surface area contributed by atoms with E-state index in [1.54, 1.807) is 17.2 Å². The Hall–Kier alpha value is -3.22. The third-order valence-corrected chi connectivity index (χ3v) is 7.42. The van der Waals surface area contributed by atoms with Gasteiger partial charge in [0.25, 0.3) is 5.91 Å². The number of aromatic nitrogens is 1. The van der Waals surface area contributed by atoms with Crippen LogP contribution in [0, 0.1) is 0 Å². The van der Waals surface area contributed by atoms with E-state index in [9.17, 15) is 9.59 Å². The molecule has 1 heterocycles. The van der Waals surface area contributed by atoms with E-state index >= 15 is 0 Å². The van der Waals surface area contributed by atoms with Gasteiger partial charge in [-0.05, 0) is 55.0 Å². The van der Waals surface area contributed by atoms with Gasteiger partial charge in [0.05, 0.1) is 12.1 Å². The first-order valence-corrected chi connectivity index (χ1v) is 12.3. The second-order valence-corrected chi connectivity index (χ2v) is 9.68. The second kappa shape index (κ2) is 11.0. The van der Waals surface area contributed by atoms with Crippen LogP contribution < -0.4 is 11.1 Å². The predicted molar refractivity (Wildman–Crippen MR) is 139 cm³/mol. The maximum absolute atomic E-state index is 12.9. The standard InChI is InChI=1S/C28H31ClN4O2/c1-33(25-10-12-28(19-30,13-11-25)23-8-5-9-24(29)15-23)26(34)18-32-27(35)22-14-21(16-31-17-22)20-6-3-2-4-7-20/h2-9,14-17,25H,10-13,18-19,30H2,1H3,(H,32,35). The number of nitrogens with one attached hydrogen (secondary N) is 1. The van der Waals surface area contributed by atoms with Crippen molar-refractivity contribution in [1.82, 2.24) is 15.2 Å². The van der Waals surface area contributed by atoms with Crippen molar-refractivity contribution in [3.05, 3.63) is 89.2 Å². The number of rotatable bonds is 7. The zero-order chi connectivity index (χ0) is 24.8. The summed E-state index contributed by atoms with van der Waals surface area (Å²) in [5.41, 5.74) is 9.52. The summed E-state index contributed by atoms with van der Waals surface area (Å²) in [6, 6.07) is 19.6. The number of hydrogen-bond acceptors (Lipinski definition) is 4. The van der Waals surface area contributed by atoms with E-state index < -0.39 is 0 Å². The molecule has 1 fully saturated rings. The highest BCUT2D eigenvalue weighted by molar-refractivity contribution is 6.30. The van der Waals surface area contributed by atoms with Crippen LogP contribution in [-0.2, 0) is 10.2 Å². The van der Waals surface area contributed by atoms with Crippen LogP contribution in [0.25, 0.3) is 11.1 Å². The molecule has 182 valence electrons. The first-order valence-electron chi connectivity index (χ1n) is 11.9. The summed E-state index contributed by atoms with van der Waals surface area (Å²) >= 11 is 6.22. The largest absolute Gasteiger partial charge is 0.343 e. The lowest BCUT2D eigenvalue weighted by Gasteiger charge is -2.42. The van der Waals surface area contributed by atoms with Crippen LogP contribution in [0.4, 0.5) is 0 Å². The molecule has 0 unspecified atom stereocenters. The molecular formula is C28H31ClN4O2. The van der Waals surface area contributed by atoms with Gasteiger partial charge in [-0.15, -0.1) is 0 Å². The normalized spacial score (nSPS) is 19.7. The van der Waals surface area contributed by atoms with Gasteiger partial charge in [0.15, 0.2) is 0 Å². The van der Waals surface area contributed by atoms with E-state index in [-0.39, 0.29) is 29.8 Å². The van der Waals surface area contributed by atoms with Crippen molar-refractivity contribution in [2.75, 3.05) is 20.1 Å². The minimum absolute atomic E-state index is 0.0578. The summed E-state index contributed by atoms with van der Waals surface area (Å²) in [4.78, 5) is 31.5. The van der Waals surface area contributed by atoms with Gasteiger partial charge in [-0.2, -0.15) is 0 Å². The molecule has 6 nitrogen and oxygen atoms in total. The van der Waals surface area contributed by atoms with Gasteiger partial charge in [-0.25, -0.2) is 0 Å². The van der Waals surface area contributed by atoms with Crippen LogP contribution in [0.3, 0.4) is 0 Å². The smallest absolute Gasteiger partial charge is 0.253 e. The molecule has 35 heavy (non-hydrogen) atoms. The van der Waals surface area contributed by atoms with Gasteiger partial charge in [0, 0.05) is 48.0 Å². The summed E-state index contributed by atoms with van der Waals surface area (Å²) in [5.74, 6) is -0.428. The van der Waals surface area contributed by atoms with Crippen LogP contribution in [0.1, 0.15) is 41.6 Å². The van der Waals surface area contributed by atoms with E-state index in [2.05, 4.69) is 16.4 Å². The van der Waals surface area contributed by atoms with Gasteiger partial charge in [0.2, 0.25) is 5.91 Å². The van der Waals surface area contributed by atoms with Crippen molar-refractivity contribution in [3.8, 4) is 11.1 Å². The molecule has 0 atom stereocenters. The molecule has 0 bridgehead atoms. The average Bonchev–Trinajstić information content (AvgIpc) is 2.91. The summed E-state index contributed by atoms with van der Waals surface area (Å²) in [7, 11) is 1.81. The Morgan fingerprint density at radius 1 is 1.06 bits per heavy atom. The van der Waals surface area contributed by atoms with Crippen LogP contribution in [0.5, 0.6) is 0 Å². The molecule has 3 aromatic rings. The summed E-state index contributed by atoms with van der Waals surface area (Å²) in [5, 5.41) is 3.47. The van der Waals surface area contributed by atoms with Crippen LogP contribution in [-0.4, -0.2) is 47.9 Å². The lowest BCUT2D eigenvalue weighted by Crippen LogP contribution is -2.48. The third kappa shape index (κ3) is 5.72. The van der Waals surface area contributed by atoms with Gasteiger partial charge in [-0.1, -0.05) is 54.1 Å². The summed E-state index contributed by atoms with van der Waals surface area (Å²) in [6.45, 7) is 0.488. The van der Waals surface area contributed by atoms with Crippen LogP contribution in [0.2, 0.25) is 5.02 Å². The van der Waals surface area contributed by atoms with E-state index in [0.29, 0.717) is 17.1 Å². The highest BCUT2D eigenvalue weighted by Crippen LogP contribution is 2.40. The molecule has 1 saturated carbocycles. The minimum Gasteiger partial charge on any atom is -0.343 e. The number of nitrogens with zero attached hydrogens (tertiary/aromatic N) is 2. The van der Waals surface area contributed by atoms with E-state index in [0.717, 1.165) is 36.8 Å². The highest BCUT2D eigenvalue weighted by atomic mass is 35.5. The molecule has 0 aliphatic heterocycles. The number of halogens is 1. The number of benzene rings is 2. The molecule has 7 heteroatoms. The number of pyridine rings is 1. The Balaban J connectivity index is 1.33. The number of carbonyl (C=O) groups excluding carboxylic acids is 2. The molecular weight excluding hydrogens is 460 g/mol. The zero-order valence-electron chi connectivity index (χ0n) is 19.9. The van der Waals surface area contributed by atoms with Crippen molar-refractivity contribution in [2.24, 2.45) is 5.73 Å². The molecule has 1 aliphatic rings. The maximum Gasteiger partial charge on any atom is 0.253 e. The Morgan fingerprint density at radius 2 is 1.80 bits per heavy atom. The number of likely N-dealkylation sites (N-methyl/N-ethyl adjacent to an activating group) is 1. The molecule has 0 radical (unpaired) electrons. The quantitative estimate of drug-likeness (QED) is 0.512. The predicted octanol–water partition coefficient (Wildman–Crippen LogP) is 4.43. The SMILES string of the molecule is CN(C(=O)CNC(=O)c1cncc(-c2ccccc2)c1)C1CCC(CN)(c2cccc(Cl)c2)CC1. The van der Waals surface area contributed by atoms with E-state index in [4.69, 9.17) is 17.3 Å². The molecule has 0 spiro atoms. The minimum atomic E-state index is -0.316. The van der Waals surface area contributed by atoms with E-state index in [1.165, 1.54) is 11.8 Å². The number of carbonyl (C=O) groups is 2.